The van der Waals surface area contributed by atoms with Crippen LogP contribution in [0.3, 0.4) is 0 Å². The van der Waals surface area contributed by atoms with Gasteiger partial charge in [-0.3, -0.25) is 9.69 Å². The molecule has 1 fully saturated rings. The zero-order chi connectivity index (χ0) is 22.6. The summed E-state index contributed by atoms with van der Waals surface area (Å²) in [6, 6.07) is 3.99. The SMILES string of the molecule is CCCNC(=O)CN=C(NCC)N1CCN(Cc2cc(OC)c(OC)c(OC)c2)CC1. The van der Waals surface area contributed by atoms with Gasteiger partial charge in [0.05, 0.1) is 21.3 Å². The van der Waals surface area contributed by atoms with Crippen LogP contribution in [-0.4, -0.2) is 88.8 Å². The summed E-state index contributed by atoms with van der Waals surface area (Å²) in [6.07, 6.45) is 0.920. The lowest BCUT2D eigenvalue weighted by molar-refractivity contribution is -0.119. The summed E-state index contributed by atoms with van der Waals surface area (Å²) in [5, 5.41) is 6.17. The van der Waals surface area contributed by atoms with Gasteiger partial charge >= 0.3 is 0 Å². The molecule has 0 spiro atoms. The number of hydrogen-bond donors (Lipinski definition) is 2. The second-order valence-electron chi connectivity index (χ2n) is 7.32. The third kappa shape index (κ3) is 7.20. The average molecular weight is 436 g/mol. The molecule has 1 aromatic rings. The van der Waals surface area contributed by atoms with Crippen LogP contribution in [-0.2, 0) is 11.3 Å². The van der Waals surface area contributed by atoms with E-state index in [0.29, 0.717) is 23.8 Å². The van der Waals surface area contributed by atoms with Gasteiger partial charge in [-0.2, -0.15) is 0 Å². The van der Waals surface area contributed by atoms with Crippen molar-refractivity contribution in [1.82, 2.24) is 20.4 Å². The molecule has 0 aliphatic carbocycles. The van der Waals surface area contributed by atoms with Crippen LogP contribution in [0.25, 0.3) is 0 Å². The smallest absolute Gasteiger partial charge is 0.241 e. The Balaban J connectivity index is 1.97. The molecule has 0 saturated carbocycles. The largest absolute Gasteiger partial charge is 0.493 e. The highest BCUT2D eigenvalue weighted by molar-refractivity contribution is 5.85. The number of hydrogen-bond acceptors (Lipinski definition) is 6. The number of aliphatic imine (C=N–C) groups is 1. The molecule has 174 valence electrons. The number of carbonyl (C=O) groups excluding carboxylic acids is 1. The van der Waals surface area contributed by atoms with Crippen molar-refractivity contribution in [2.75, 3.05) is 67.1 Å². The molecule has 0 unspecified atom stereocenters. The third-order valence-electron chi connectivity index (χ3n) is 5.08. The Labute approximate surface area is 185 Å². The molecule has 2 N–H and O–H groups in total. The zero-order valence-corrected chi connectivity index (χ0v) is 19.5. The lowest BCUT2D eigenvalue weighted by Gasteiger charge is -2.36. The highest BCUT2D eigenvalue weighted by Gasteiger charge is 2.21. The highest BCUT2D eigenvalue weighted by atomic mass is 16.5. The van der Waals surface area contributed by atoms with E-state index >= 15 is 0 Å². The number of methoxy groups -OCH3 is 3. The number of carbonyl (C=O) groups is 1. The van der Waals surface area contributed by atoms with Crippen LogP contribution in [0.15, 0.2) is 17.1 Å². The molecule has 0 atom stereocenters. The molecule has 31 heavy (non-hydrogen) atoms. The monoisotopic (exact) mass is 435 g/mol. The summed E-state index contributed by atoms with van der Waals surface area (Å²) in [4.78, 5) is 21.0. The van der Waals surface area contributed by atoms with Gasteiger partial charge in [-0.1, -0.05) is 6.92 Å². The van der Waals surface area contributed by atoms with E-state index in [4.69, 9.17) is 14.2 Å². The average Bonchev–Trinajstić information content (AvgIpc) is 2.80. The normalized spacial score (nSPS) is 14.9. The van der Waals surface area contributed by atoms with E-state index < -0.39 is 0 Å². The van der Waals surface area contributed by atoms with Gasteiger partial charge in [-0.05, 0) is 31.0 Å². The van der Waals surface area contributed by atoms with Crippen LogP contribution < -0.4 is 24.8 Å². The molecule has 0 bridgehead atoms. The Morgan fingerprint density at radius 1 is 1.00 bits per heavy atom. The van der Waals surface area contributed by atoms with Crippen molar-refractivity contribution in [2.24, 2.45) is 4.99 Å². The Morgan fingerprint density at radius 3 is 2.16 bits per heavy atom. The molecule has 1 amide bonds. The van der Waals surface area contributed by atoms with Gasteiger partial charge in [0.1, 0.15) is 6.54 Å². The van der Waals surface area contributed by atoms with E-state index in [0.717, 1.165) is 57.2 Å². The molecule has 9 heteroatoms. The number of nitrogens with zero attached hydrogens (tertiary/aromatic N) is 3. The van der Waals surface area contributed by atoms with Crippen molar-refractivity contribution in [1.29, 1.82) is 0 Å². The third-order valence-corrected chi connectivity index (χ3v) is 5.08. The minimum atomic E-state index is -0.0433. The van der Waals surface area contributed by atoms with Crippen molar-refractivity contribution in [3.05, 3.63) is 17.7 Å². The van der Waals surface area contributed by atoms with Gasteiger partial charge in [0, 0.05) is 45.8 Å². The number of rotatable bonds is 10. The van der Waals surface area contributed by atoms with Gasteiger partial charge in [-0.15, -0.1) is 0 Å². The Kier molecular flexibility index (Phi) is 10.2. The van der Waals surface area contributed by atoms with Gasteiger partial charge in [0.25, 0.3) is 0 Å². The summed E-state index contributed by atoms with van der Waals surface area (Å²) in [5.41, 5.74) is 1.11. The maximum absolute atomic E-state index is 11.9. The van der Waals surface area contributed by atoms with E-state index in [1.807, 2.05) is 26.0 Å². The van der Waals surface area contributed by atoms with E-state index in [-0.39, 0.29) is 12.5 Å². The lowest BCUT2D eigenvalue weighted by atomic mass is 10.1. The van der Waals surface area contributed by atoms with Crippen molar-refractivity contribution in [3.63, 3.8) is 0 Å². The lowest BCUT2D eigenvalue weighted by Crippen LogP contribution is -2.52. The van der Waals surface area contributed by atoms with Gasteiger partial charge < -0.3 is 29.7 Å². The number of guanidine groups is 1. The minimum Gasteiger partial charge on any atom is -0.493 e. The summed E-state index contributed by atoms with van der Waals surface area (Å²) in [6.45, 7) is 9.92. The molecule has 9 nitrogen and oxygen atoms in total. The Bertz CT molecular complexity index is 708. The molecule has 1 aliphatic heterocycles. The first-order valence-corrected chi connectivity index (χ1v) is 10.9. The molecule has 1 aliphatic rings. The van der Waals surface area contributed by atoms with Crippen LogP contribution in [0.1, 0.15) is 25.8 Å². The maximum Gasteiger partial charge on any atom is 0.241 e. The van der Waals surface area contributed by atoms with Crippen molar-refractivity contribution < 1.29 is 19.0 Å². The second-order valence-corrected chi connectivity index (χ2v) is 7.32. The molecule has 2 rings (SSSR count). The highest BCUT2D eigenvalue weighted by Crippen LogP contribution is 2.38. The number of ether oxygens (including phenoxy) is 3. The molecule has 1 heterocycles. The summed E-state index contributed by atoms with van der Waals surface area (Å²) < 4.78 is 16.3. The first-order chi connectivity index (χ1) is 15.1. The van der Waals surface area contributed by atoms with Crippen LogP contribution in [0.4, 0.5) is 0 Å². The molecule has 1 aromatic carbocycles. The Morgan fingerprint density at radius 2 is 1.65 bits per heavy atom. The van der Waals surface area contributed by atoms with Crippen LogP contribution in [0.5, 0.6) is 17.2 Å². The van der Waals surface area contributed by atoms with E-state index in [9.17, 15) is 4.79 Å². The fraction of sp³-hybridized carbons (Fsp3) is 0.636. The molecular weight excluding hydrogens is 398 g/mol. The summed E-state index contributed by atoms with van der Waals surface area (Å²) in [5.74, 6) is 2.68. The van der Waals surface area contributed by atoms with Gasteiger partial charge in [0.15, 0.2) is 17.5 Å². The number of piperazine rings is 1. The first-order valence-electron chi connectivity index (χ1n) is 10.9. The van der Waals surface area contributed by atoms with E-state index in [1.54, 1.807) is 21.3 Å². The fourth-order valence-electron chi connectivity index (χ4n) is 3.50. The van der Waals surface area contributed by atoms with Gasteiger partial charge in [0.2, 0.25) is 11.7 Å². The predicted molar refractivity (Wildman–Crippen MR) is 122 cm³/mol. The van der Waals surface area contributed by atoms with Crippen LogP contribution in [0.2, 0.25) is 0 Å². The predicted octanol–water partition coefficient (Wildman–Crippen LogP) is 1.32. The van der Waals surface area contributed by atoms with Crippen molar-refractivity contribution >= 4 is 11.9 Å². The van der Waals surface area contributed by atoms with Crippen LogP contribution in [0, 0.1) is 0 Å². The van der Waals surface area contributed by atoms with Crippen molar-refractivity contribution in [3.8, 4) is 17.2 Å². The number of nitrogens with one attached hydrogen (secondary N) is 2. The molecule has 0 radical (unpaired) electrons. The topological polar surface area (TPSA) is 87.7 Å². The second kappa shape index (κ2) is 12.9. The van der Waals surface area contributed by atoms with Crippen molar-refractivity contribution in [2.45, 2.75) is 26.8 Å². The summed E-state index contributed by atoms with van der Waals surface area (Å²) in [7, 11) is 4.87. The standard InChI is InChI=1S/C22H37N5O4/c1-6-8-24-20(28)15-25-22(23-7-2)27-11-9-26(10-12-27)16-17-13-18(29-3)21(31-5)19(14-17)30-4/h13-14H,6-12,15-16H2,1-5H3,(H,23,25)(H,24,28). The molecular formula is C22H37N5O4. The van der Waals surface area contributed by atoms with E-state index in [1.165, 1.54) is 0 Å². The molecule has 0 aromatic heterocycles. The van der Waals surface area contributed by atoms with E-state index in [2.05, 4.69) is 25.4 Å². The summed E-state index contributed by atoms with van der Waals surface area (Å²) >= 11 is 0. The maximum atomic E-state index is 11.9. The Hall–Kier alpha value is -2.68. The zero-order valence-electron chi connectivity index (χ0n) is 19.5. The fourth-order valence-corrected chi connectivity index (χ4v) is 3.50. The number of benzene rings is 1. The van der Waals surface area contributed by atoms with Crippen LogP contribution >= 0.6 is 0 Å². The molecule has 1 saturated heterocycles. The minimum absolute atomic E-state index is 0.0433. The van der Waals surface area contributed by atoms with Gasteiger partial charge in [-0.25, -0.2) is 4.99 Å². The quantitative estimate of drug-likeness (QED) is 0.423. The first kappa shape index (κ1) is 24.6. The number of amides is 1.